The molecule has 1 rings (SSSR count). The van der Waals surface area contributed by atoms with E-state index in [1.54, 1.807) is 6.20 Å². The minimum absolute atomic E-state index is 0.201. The lowest BCUT2D eigenvalue weighted by Gasteiger charge is -2.22. The highest BCUT2D eigenvalue weighted by Crippen LogP contribution is 2.20. The molecule has 1 aromatic heterocycles. The predicted octanol–water partition coefficient (Wildman–Crippen LogP) is 1.72. The molecule has 0 bridgehead atoms. The van der Waals surface area contributed by atoms with Gasteiger partial charge in [0.1, 0.15) is 11.4 Å². The van der Waals surface area contributed by atoms with Crippen molar-refractivity contribution >= 4 is 0 Å². The van der Waals surface area contributed by atoms with Gasteiger partial charge in [0, 0.05) is 12.7 Å². The summed E-state index contributed by atoms with van der Waals surface area (Å²) >= 11 is 0. The second-order valence-corrected chi connectivity index (χ2v) is 3.87. The number of hydrogen-bond donors (Lipinski definition) is 1. The van der Waals surface area contributed by atoms with Crippen LogP contribution >= 0.6 is 0 Å². The van der Waals surface area contributed by atoms with Crippen LogP contribution in [-0.4, -0.2) is 10.6 Å². The lowest BCUT2D eigenvalue weighted by molar-refractivity contribution is 0.128. The molecule has 0 saturated heterocycles. The first kappa shape index (κ1) is 9.99. The quantitative estimate of drug-likeness (QED) is 0.753. The first-order valence-electron chi connectivity index (χ1n) is 4.36. The third-order valence-electron chi connectivity index (χ3n) is 1.46. The average molecular weight is 180 g/mol. The zero-order valence-corrected chi connectivity index (χ0v) is 8.37. The van der Waals surface area contributed by atoms with Crippen molar-refractivity contribution in [3.8, 4) is 5.75 Å². The van der Waals surface area contributed by atoms with Crippen molar-refractivity contribution in [2.24, 2.45) is 5.73 Å². The molecule has 13 heavy (non-hydrogen) atoms. The maximum Gasteiger partial charge on any atom is 0.142 e. The minimum Gasteiger partial charge on any atom is -0.486 e. The Hall–Kier alpha value is -1.09. The van der Waals surface area contributed by atoms with Crippen LogP contribution in [0.5, 0.6) is 5.75 Å². The third-order valence-corrected chi connectivity index (χ3v) is 1.46. The third kappa shape index (κ3) is 3.03. The summed E-state index contributed by atoms with van der Waals surface area (Å²) in [6.45, 7) is 6.41. The topological polar surface area (TPSA) is 48.1 Å². The molecule has 0 radical (unpaired) electrons. The van der Waals surface area contributed by atoms with Crippen molar-refractivity contribution in [2.45, 2.75) is 32.9 Å². The van der Waals surface area contributed by atoms with E-state index in [0.29, 0.717) is 6.54 Å². The minimum atomic E-state index is -0.201. The number of pyridine rings is 1. The summed E-state index contributed by atoms with van der Waals surface area (Å²) in [5.74, 6) is 0.775. The van der Waals surface area contributed by atoms with Gasteiger partial charge in [-0.2, -0.15) is 0 Å². The molecule has 72 valence electrons. The van der Waals surface area contributed by atoms with Gasteiger partial charge in [0.25, 0.3) is 0 Å². The highest BCUT2D eigenvalue weighted by molar-refractivity contribution is 5.27. The molecule has 0 saturated carbocycles. The molecule has 1 aromatic rings. The summed E-state index contributed by atoms with van der Waals surface area (Å²) in [4.78, 5) is 4.13. The van der Waals surface area contributed by atoms with E-state index in [1.807, 2.05) is 32.9 Å². The van der Waals surface area contributed by atoms with E-state index >= 15 is 0 Å². The van der Waals surface area contributed by atoms with Gasteiger partial charge < -0.3 is 10.5 Å². The van der Waals surface area contributed by atoms with Crippen molar-refractivity contribution in [3.05, 3.63) is 24.0 Å². The average Bonchev–Trinajstić information content (AvgIpc) is 2.02. The van der Waals surface area contributed by atoms with E-state index in [2.05, 4.69) is 4.98 Å². The maximum absolute atomic E-state index is 5.68. The molecule has 0 aliphatic carbocycles. The van der Waals surface area contributed by atoms with Crippen LogP contribution in [0.2, 0.25) is 0 Å². The van der Waals surface area contributed by atoms with E-state index < -0.39 is 0 Å². The fourth-order valence-electron chi connectivity index (χ4n) is 0.999. The van der Waals surface area contributed by atoms with Gasteiger partial charge in [0.15, 0.2) is 0 Å². The summed E-state index contributed by atoms with van der Waals surface area (Å²) < 4.78 is 5.68. The standard InChI is InChI=1S/C10H16N2O/c1-10(2,3)13-9-5-4-6-12-8(9)7-11/h4-6H,7,11H2,1-3H3. The molecule has 0 aliphatic heterocycles. The second kappa shape index (κ2) is 3.75. The van der Waals surface area contributed by atoms with Crippen LogP contribution in [0.1, 0.15) is 26.5 Å². The van der Waals surface area contributed by atoms with E-state index in [4.69, 9.17) is 10.5 Å². The lowest BCUT2D eigenvalue weighted by Crippen LogP contribution is -2.24. The van der Waals surface area contributed by atoms with Gasteiger partial charge in [-0.25, -0.2) is 0 Å². The van der Waals surface area contributed by atoms with Crippen molar-refractivity contribution in [1.82, 2.24) is 4.98 Å². The van der Waals surface area contributed by atoms with Crippen molar-refractivity contribution in [3.63, 3.8) is 0 Å². The van der Waals surface area contributed by atoms with Crippen LogP contribution < -0.4 is 10.5 Å². The second-order valence-electron chi connectivity index (χ2n) is 3.87. The van der Waals surface area contributed by atoms with Gasteiger partial charge in [0.05, 0.1) is 5.69 Å². The Kier molecular flexibility index (Phi) is 2.88. The zero-order chi connectivity index (χ0) is 9.90. The van der Waals surface area contributed by atoms with E-state index in [1.165, 1.54) is 0 Å². The van der Waals surface area contributed by atoms with E-state index in [0.717, 1.165) is 11.4 Å². The number of nitrogens with two attached hydrogens (primary N) is 1. The molecular formula is C10H16N2O. The predicted molar refractivity (Wildman–Crippen MR) is 52.5 cm³/mol. The Morgan fingerprint density at radius 3 is 2.69 bits per heavy atom. The Bertz CT molecular complexity index is 278. The molecule has 0 fully saturated rings. The number of nitrogens with zero attached hydrogens (tertiary/aromatic N) is 1. The zero-order valence-electron chi connectivity index (χ0n) is 8.37. The first-order valence-corrected chi connectivity index (χ1v) is 4.36. The van der Waals surface area contributed by atoms with Gasteiger partial charge in [0.2, 0.25) is 0 Å². The number of hydrogen-bond acceptors (Lipinski definition) is 3. The van der Waals surface area contributed by atoms with Crippen LogP contribution in [0.4, 0.5) is 0 Å². The van der Waals surface area contributed by atoms with Crippen molar-refractivity contribution in [2.75, 3.05) is 0 Å². The lowest BCUT2D eigenvalue weighted by atomic mass is 10.2. The van der Waals surface area contributed by atoms with Gasteiger partial charge in [-0.1, -0.05) is 0 Å². The Morgan fingerprint density at radius 2 is 2.15 bits per heavy atom. The van der Waals surface area contributed by atoms with Crippen LogP contribution in [0.15, 0.2) is 18.3 Å². The summed E-state index contributed by atoms with van der Waals surface area (Å²) in [5.41, 5.74) is 6.13. The fraction of sp³-hybridized carbons (Fsp3) is 0.500. The van der Waals surface area contributed by atoms with Gasteiger partial charge in [-0.05, 0) is 32.9 Å². The molecule has 3 heteroatoms. The SMILES string of the molecule is CC(C)(C)Oc1cccnc1CN. The van der Waals surface area contributed by atoms with Crippen LogP contribution in [0.3, 0.4) is 0 Å². The molecule has 0 atom stereocenters. The van der Waals surface area contributed by atoms with Gasteiger partial charge in [-0.3, -0.25) is 4.98 Å². The number of ether oxygens (including phenoxy) is 1. The molecule has 0 aromatic carbocycles. The normalized spacial score (nSPS) is 11.4. The van der Waals surface area contributed by atoms with Crippen molar-refractivity contribution < 1.29 is 4.74 Å². The van der Waals surface area contributed by atoms with Crippen LogP contribution in [-0.2, 0) is 6.54 Å². The molecule has 3 nitrogen and oxygen atoms in total. The highest BCUT2D eigenvalue weighted by Gasteiger charge is 2.13. The molecule has 0 aliphatic rings. The van der Waals surface area contributed by atoms with Crippen LogP contribution in [0.25, 0.3) is 0 Å². The smallest absolute Gasteiger partial charge is 0.142 e. The largest absolute Gasteiger partial charge is 0.486 e. The maximum atomic E-state index is 5.68. The first-order chi connectivity index (χ1) is 6.03. The number of aromatic nitrogens is 1. The monoisotopic (exact) mass is 180 g/mol. The Balaban J connectivity index is 2.87. The molecule has 0 spiro atoms. The van der Waals surface area contributed by atoms with Crippen LogP contribution in [0, 0.1) is 0 Å². The molecule has 0 unspecified atom stereocenters. The Morgan fingerprint density at radius 1 is 1.46 bits per heavy atom. The molecular weight excluding hydrogens is 164 g/mol. The van der Waals surface area contributed by atoms with Crippen molar-refractivity contribution in [1.29, 1.82) is 0 Å². The summed E-state index contributed by atoms with van der Waals surface area (Å²) in [6.07, 6.45) is 1.72. The molecule has 0 amide bonds. The van der Waals surface area contributed by atoms with Gasteiger partial charge in [-0.15, -0.1) is 0 Å². The fourth-order valence-corrected chi connectivity index (χ4v) is 0.999. The molecule has 2 N–H and O–H groups in total. The number of rotatable bonds is 2. The highest BCUT2D eigenvalue weighted by atomic mass is 16.5. The van der Waals surface area contributed by atoms with Gasteiger partial charge >= 0.3 is 0 Å². The summed E-state index contributed by atoms with van der Waals surface area (Å²) in [6, 6.07) is 3.74. The van der Waals surface area contributed by atoms with E-state index in [-0.39, 0.29) is 5.60 Å². The summed E-state index contributed by atoms with van der Waals surface area (Å²) in [7, 11) is 0. The summed E-state index contributed by atoms with van der Waals surface area (Å²) in [5, 5.41) is 0. The van der Waals surface area contributed by atoms with E-state index in [9.17, 15) is 0 Å². The molecule has 1 heterocycles. The Labute approximate surface area is 78.9 Å².